The minimum absolute atomic E-state index is 0.0509. The predicted octanol–water partition coefficient (Wildman–Crippen LogP) is 1.65. The van der Waals surface area contributed by atoms with Crippen LogP contribution in [0.15, 0.2) is 24.3 Å². The highest BCUT2D eigenvalue weighted by Crippen LogP contribution is 2.41. The molecule has 5 atom stereocenters. The summed E-state index contributed by atoms with van der Waals surface area (Å²) in [5, 5.41) is 9.24. The zero-order valence-corrected chi connectivity index (χ0v) is 18.1. The normalized spacial score (nSPS) is 27.7. The summed E-state index contributed by atoms with van der Waals surface area (Å²) in [6, 6.07) is 7.09. The van der Waals surface area contributed by atoms with Gasteiger partial charge in [-0.3, -0.25) is 14.5 Å². The number of nitriles is 1. The molecule has 166 valence electrons. The van der Waals surface area contributed by atoms with Gasteiger partial charge in [-0.1, -0.05) is 26.0 Å². The molecule has 3 saturated heterocycles. The third-order valence-electron chi connectivity index (χ3n) is 6.89. The molecule has 3 aliphatic heterocycles. The van der Waals surface area contributed by atoms with Crippen LogP contribution in [0, 0.1) is 23.1 Å². The Hall–Kier alpha value is -2.50. The van der Waals surface area contributed by atoms with Crippen molar-refractivity contribution in [3.8, 4) is 6.07 Å². The van der Waals surface area contributed by atoms with E-state index in [0.29, 0.717) is 32.5 Å². The van der Waals surface area contributed by atoms with Gasteiger partial charge in [0.25, 0.3) is 0 Å². The highest BCUT2D eigenvalue weighted by molar-refractivity contribution is 5.87. The van der Waals surface area contributed by atoms with Gasteiger partial charge in [0.1, 0.15) is 11.9 Å². The molecule has 0 aromatic heterocycles. The van der Waals surface area contributed by atoms with E-state index in [1.54, 1.807) is 17.0 Å². The first-order chi connectivity index (χ1) is 14.8. The summed E-state index contributed by atoms with van der Waals surface area (Å²) in [7, 11) is 0. The molecule has 3 fully saturated rings. The molecule has 2 bridgehead atoms. The maximum Gasteiger partial charge on any atom is 0.241 e. The van der Waals surface area contributed by atoms with Gasteiger partial charge in [-0.15, -0.1) is 0 Å². The molecule has 0 aliphatic carbocycles. The van der Waals surface area contributed by atoms with Gasteiger partial charge in [0.15, 0.2) is 0 Å². The molecule has 8 heteroatoms. The van der Waals surface area contributed by atoms with Crippen LogP contribution in [-0.2, 0) is 9.59 Å². The summed E-state index contributed by atoms with van der Waals surface area (Å²) < 4.78 is 13.4. The number of hydrogen-bond donors (Lipinski definition) is 1. The lowest BCUT2D eigenvalue weighted by molar-refractivity contribution is -0.142. The van der Waals surface area contributed by atoms with E-state index in [9.17, 15) is 19.2 Å². The molecule has 0 saturated carbocycles. The number of benzene rings is 1. The Morgan fingerprint density at radius 3 is 2.65 bits per heavy atom. The zero-order valence-electron chi connectivity index (χ0n) is 18.1. The van der Waals surface area contributed by atoms with Crippen molar-refractivity contribution in [1.82, 2.24) is 14.7 Å². The van der Waals surface area contributed by atoms with E-state index in [-0.39, 0.29) is 41.7 Å². The number of piperazine rings is 1. The number of nitrogens with two attached hydrogens (primary N) is 1. The van der Waals surface area contributed by atoms with Gasteiger partial charge in [0.05, 0.1) is 24.2 Å². The van der Waals surface area contributed by atoms with Crippen molar-refractivity contribution in [3.63, 3.8) is 0 Å². The molecule has 2 amide bonds. The van der Waals surface area contributed by atoms with Crippen molar-refractivity contribution in [2.24, 2.45) is 11.7 Å². The number of hydrogen-bond acceptors (Lipinski definition) is 5. The molecule has 3 aliphatic rings. The van der Waals surface area contributed by atoms with Crippen LogP contribution in [0.4, 0.5) is 4.39 Å². The van der Waals surface area contributed by atoms with Crippen LogP contribution in [0.25, 0.3) is 0 Å². The average molecular weight is 428 g/mol. The van der Waals surface area contributed by atoms with Gasteiger partial charge in [-0.2, -0.15) is 5.26 Å². The Labute approximate surface area is 182 Å². The fraction of sp³-hybridized carbons (Fsp3) is 0.609. The van der Waals surface area contributed by atoms with E-state index in [4.69, 9.17) is 5.73 Å². The van der Waals surface area contributed by atoms with Crippen molar-refractivity contribution in [3.05, 3.63) is 35.6 Å². The molecular weight excluding hydrogens is 397 g/mol. The predicted molar refractivity (Wildman–Crippen MR) is 113 cm³/mol. The number of fused-ring (bicyclic) bond motifs is 2. The number of halogens is 1. The summed E-state index contributed by atoms with van der Waals surface area (Å²) in [5.41, 5.74) is 7.15. The van der Waals surface area contributed by atoms with Crippen LogP contribution in [0.5, 0.6) is 0 Å². The highest BCUT2D eigenvalue weighted by atomic mass is 19.1. The fourth-order valence-electron chi connectivity index (χ4n) is 5.49. The van der Waals surface area contributed by atoms with Gasteiger partial charge in [-0.05, 0) is 42.9 Å². The number of nitrogens with zero attached hydrogens (tertiary/aromatic N) is 4. The molecule has 1 aromatic carbocycles. The van der Waals surface area contributed by atoms with Crippen LogP contribution < -0.4 is 5.73 Å². The van der Waals surface area contributed by atoms with E-state index in [1.807, 2.05) is 9.80 Å². The third-order valence-corrected chi connectivity index (χ3v) is 6.89. The standard InChI is InChI=1S/C23H30FN5O2/c1-14(2)21(15-5-7-16(24)8-6-15)29-18-10-20(23(29)31)27(12-18)13-19(26)22(30)28-9-3-4-17(28)11-25/h5-8,14,17-21H,3-4,9-10,12-13,26H2,1-2H3/t17?,18?,19?,20-,21?/m0/s1. The zero-order chi connectivity index (χ0) is 22.3. The third kappa shape index (κ3) is 3.92. The smallest absolute Gasteiger partial charge is 0.241 e. The maximum absolute atomic E-state index is 13.4. The molecule has 7 nitrogen and oxygen atoms in total. The molecule has 4 rings (SSSR count). The summed E-state index contributed by atoms with van der Waals surface area (Å²) in [5.74, 6) is -0.261. The number of carbonyl (C=O) groups excluding carboxylic acids is 2. The van der Waals surface area contributed by atoms with E-state index in [2.05, 4.69) is 19.9 Å². The Morgan fingerprint density at radius 2 is 2.03 bits per heavy atom. The molecule has 0 radical (unpaired) electrons. The van der Waals surface area contributed by atoms with E-state index >= 15 is 0 Å². The van der Waals surface area contributed by atoms with Gasteiger partial charge >= 0.3 is 0 Å². The van der Waals surface area contributed by atoms with Gasteiger partial charge in [0.2, 0.25) is 11.8 Å². The quantitative estimate of drug-likeness (QED) is 0.745. The minimum Gasteiger partial charge on any atom is -0.330 e. The van der Waals surface area contributed by atoms with Crippen LogP contribution in [0.3, 0.4) is 0 Å². The van der Waals surface area contributed by atoms with Gasteiger partial charge in [0, 0.05) is 25.7 Å². The van der Waals surface area contributed by atoms with Crippen molar-refractivity contribution in [2.75, 3.05) is 19.6 Å². The van der Waals surface area contributed by atoms with E-state index in [0.717, 1.165) is 12.0 Å². The Bertz CT molecular complexity index is 883. The van der Waals surface area contributed by atoms with E-state index < -0.39 is 12.1 Å². The number of amides is 2. The number of carbonyl (C=O) groups is 2. The van der Waals surface area contributed by atoms with Crippen LogP contribution in [-0.4, -0.2) is 70.3 Å². The van der Waals surface area contributed by atoms with Crippen LogP contribution in [0.1, 0.15) is 44.7 Å². The fourth-order valence-corrected chi connectivity index (χ4v) is 5.49. The maximum atomic E-state index is 13.4. The molecule has 3 heterocycles. The lowest BCUT2D eigenvalue weighted by Crippen LogP contribution is -2.57. The Balaban J connectivity index is 1.44. The van der Waals surface area contributed by atoms with E-state index in [1.165, 1.54) is 12.1 Å². The molecule has 31 heavy (non-hydrogen) atoms. The average Bonchev–Trinajstić information content (AvgIpc) is 3.44. The Morgan fingerprint density at radius 1 is 1.32 bits per heavy atom. The summed E-state index contributed by atoms with van der Waals surface area (Å²) in [6.45, 7) is 5.69. The first kappa shape index (κ1) is 21.7. The van der Waals surface area contributed by atoms with Crippen LogP contribution >= 0.6 is 0 Å². The second kappa shape index (κ2) is 8.56. The lowest BCUT2D eigenvalue weighted by atomic mass is 9.93. The number of likely N-dealkylation sites (tertiary alicyclic amines) is 3. The van der Waals surface area contributed by atoms with Crippen molar-refractivity contribution in [1.29, 1.82) is 5.26 Å². The molecule has 4 unspecified atom stereocenters. The minimum atomic E-state index is -0.743. The largest absolute Gasteiger partial charge is 0.330 e. The van der Waals surface area contributed by atoms with Gasteiger partial charge < -0.3 is 15.5 Å². The number of rotatable bonds is 6. The van der Waals surface area contributed by atoms with Crippen molar-refractivity contribution >= 4 is 11.8 Å². The SMILES string of the molecule is CC(C)C(c1ccc(F)cc1)N1C(=O)[C@@H]2CC1CN2CC(N)C(=O)N1CCCC1C#N. The van der Waals surface area contributed by atoms with Gasteiger partial charge in [-0.25, -0.2) is 4.39 Å². The summed E-state index contributed by atoms with van der Waals surface area (Å²) >= 11 is 0. The Kier molecular flexibility index (Phi) is 6.00. The lowest BCUT2D eigenvalue weighted by Gasteiger charge is -2.41. The highest BCUT2D eigenvalue weighted by Gasteiger charge is 2.52. The second-order valence-electron chi connectivity index (χ2n) is 9.27. The van der Waals surface area contributed by atoms with Crippen molar-refractivity contribution in [2.45, 2.75) is 63.3 Å². The second-order valence-corrected chi connectivity index (χ2v) is 9.27. The summed E-state index contributed by atoms with van der Waals surface area (Å²) in [4.78, 5) is 31.6. The topological polar surface area (TPSA) is 93.7 Å². The molecule has 0 spiro atoms. The monoisotopic (exact) mass is 427 g/mol. The molecular formula is C23H30FN5O2. The van der Waals surface area contributed by atoms with Crippen molar-refractivity contribution < 1.29 is 14.0 Å². The molecule has 1 aromatic rings. The first-order valence-corrected chi connectivity index (χ1v) is 11.1. The summed E-state index contributed by atoms with van der Waals surface area (Å²) in [6.07, 6.45) is 2.23. The molecule has 2 N–H and O–H groups in total. The first-order valence-electron chi connectivity index (χ1n) is 11.1. The van der Waals surface area contributed by atoms with Crippen LogP contribution in [0.2, 0.25) is 0 Å².